The maximum atomic E-state index is 14.8. The number of carbonyl (C=O) groups excluding carboxylic acids is 1. The Morgan fingerprint density at radius 1 is 1.23 bits per heavy atom. The molecular weight excluding hydrogens is 453 g/mol. The highest BCUT2D eigenvalue weighted by molar-refractivity contribution is 5.76. The Labute approximate surface area is 203 Å². The van der Waals surface area contributed by atoms with Crippen molar-refractivity contribution in [3.05, 3.63) is 53.1 Å². The summed E-state index contributed by atoms with van der Waals surface area (Å²) in [6.45, 7) is 5.55. The number of primary amides is 1. The summed E-state index contributed by atoms with van der Waals surface area (Å²) in [6.07, 6.45) is 3.18. The SMILES string of the molecule is COc1c(N)cc(COCc2nc(OC(N)=O)c(C(C)(C)C)cc2F)cc1-c1ccn(C2CC2)n1. The molecular formula is C25H30FN5O4. The van der Waals surface area contributed by atoms with E-state index >= 15 is 0 Å². The van der Waals surface area contributed by atoms with Crippen molar-refractivity contribution in [2.45, 2.75) is 58.3 Å². The van der Waals surface area contributed by atoms with E-state index in [1.54, 1.807) is 13.2 Å². The van der Waals surface area contributed by atoms with Gasteiger partial charge in [0.2, 0.25) is 5.88 Å². The number of hydrogen-bond donors (Lipinski definition) is 2. The summed E-state index contributed by atoms with van der Waals surface area (Å²) >= 11 is 0. The molecule has 10 heteroatoms. The van der Waals surface area contributed by atoms with E-state index in [1.165, 1.54) is 6.07 Å². The van der Waals surface area contributed by atoms with Crippen LogP contribution in [0, 0.1) is 5.82 Å². The van der Waals surface area contributed by atoms with E-state index in [0.717, 1.165) is 29.7 Å². The van der Waals surface area contributed by atoms with E-state index in [9.17, 15) is 9.18 Å². The smallest absolute Gasteiger partial charge is 0.411 e. The molecule has 4 N–H and O–H groups in total. The Balaban J connectivity index is 1.54. The number of anilines is 1. The van der Waals surface area contributed by atoms with Gasteiger partial charge in [0, 0.05) is 17.3 Å². The van der Waals surface area contributed by atoms with Gasteiger partial charge in [-0.05, 0) is 48.1 Å². The Bertz CT molecular complexity index is 1250. The van der Waals surface area contributed by atoms with Crippen LogP contribution in [0.2, 0.25) is 0 Å². The lowest BCUT2D eigenvalue weighted by Crippen LogP contribution is -2.22. The number of nitrogens with two attached hydrogens (primary N) is 2. The van der Waals surface area contributed by atoms with Gasteiger partial charge in [-0.3, -0.25) is 4.68 Å². The van der Waals surface area contributed by atoms with Gasteiger partial charge in [0.1, 0.15) is 11.5 Å². The Kier molecular flexibility index (Phi) is 6.66. The number of ether oxygens (including phenoxy) is 3. The maximum absolute atomic E-state index is 14.8. The molecule has 0 radical (unpaired) electrons. The number of amides is 1. The van der Waals surface area contributed by atoms with Crippen LogP contribution in [0.1, 0.15) is 56.5 Å². The monoisotopic (exact) mass is 483 g/mol. The van der Waals surface area contributed by atoms with Crippen LogP contribution in [-0.4, -0.2) is 28.0 Å². The van der Waals surface area contributed by atoms with Crippen LogP contribution in [0.25, 0.3) is 11.3 Å². The molecule has 1 fully saturated rings. The normalized spacial score (nSPS) is 13.6. The zero-order chi connectivity index (χ0) is 25.3. The first-order valence-corrected chi connectivity index (χ1v) is 11.3. The molecule has 0 bridgehead atoms. The molecule has 0 unspecified atom stereocenters. The van der Waals surface area contributed by atoms with Crippen molar-refractivity contribution >= 4 is 11.8 Å². The molecule has 0 spiro atoms. The molecule has 1 saturated carbocycles. The summed E-state index contributed by atoms with van der Waals surface area (Å²) in [4.78, 5) is 15.5. The lowest BCUT2D eigenvalue weighted by molar-refractivity contribution is 0.101. The van der Waals surface area contributed by atoms with Crippen LogP contribution in [0.15, 0.2) is 30.5 Å². The molecule has 0 saturated heterocycles. The van der Waals surface area contributed by atoms with E-state index in [2.05, 4.69) is 10.1 Å². The molecule has 1 aliphatic rings. The van der Waals surface area contributed by atoms with Crippen molar-refractivity contribution in [3.63, 3.8) is 0 Å². The van der Waals surface area contributed by atoms with Crippen LogP contribution < -0.4 is 20.9 Å². The first-order valence-electron chi connectivity index (χ1n) is 11.3. The summed E-state index contributed by atoms with van der Waals surface area (Å²) in [5.74, 6) is -0.0620. The van der Waals surface area contributed by atoms with Gasteiger partial charge in [0.15, 0.2) is 5.75 Å². The number of nitrogen functional groups attached to an aromatic ring is 1. The van der Waals surface area contributed by atoms with E-state index in [1.807, 2.05) is 43.8 Å². The highest BCUT2D eigenvalue weighted by Crippen LogP contribution is 2.39. The zero-order valence-corrected chi connectivity index (χ0v) is 20.3. The topological polar surface area (TPSA) is 128 Å². The molecule has 1 aliphatic carbocycles. The number of benzene rings is 1. The lowest BCUT2D eigenvalue weighted by atomic mass is 9.87. The molecule has 0 atom stereocenters. The Morgan fingerprint density at radius 3 is 2.60 bits per heavy atom. The number of aromatic nitrogens is 3. The fourth-order valence-corrected chi connectivity index (χ4v) is 3.82. The lowest BCUT2D eigenvalue weighted by Gasteiger charge is -2.22. The molecule has 1 amide bonds. The van der Waals surface area contributed by atoms with Gasteiger partial charge in [0.25, 0.3) is 0 Å². The van der Waals surface area contributed by atoms with Gasteiger partial charge >= 0.3 is 6.09 Å². The average Bonchev–Trinajstić information content (AvgIpc) is 3.50. The van der Waals surface area contributed by atoms with Crippen molar-refractivity contribution in [1.82, 2.24) is 14.8 Å². The minimum absolute atomic E-state index is 0.000802. The molecule has 35 heavy (non-hydrogen) atoms. The molecule has 0 aliphatic heterocycles. The number of hydrogen-bond acceptors (Lipinski definition) is 7. The summed E-state index contributed by atoms with van der Waals surface area (Å²) in [6, 6.07) is 7.31. The van der Waals surface area contributed by atoms with Gasteiger partial charge in [-0.1, -0.05) is 20.8 Å². The summed E-state index contributed by atoms with van der Waals surface area (Å²) in [5, 5.41) is 4.66. The molecule has 186 valence electrons. The number of halogens is 1. The summed E-state index contributed by atoms with van der Waals surface area (Å²) in [7, 11) is 1.56. The Morgan fingerprint density at radius 2 is 1.97 bits per heavy atom. The number of rotatable bonds is 8. The predicted octanol–water partition coefficient (Wildman–Crippen LogP) is 4.48. The third kappa shape index (κ3) is 5.54. The van der Waals surface area contributed by atoms with Crippen LogP contribution in [0.3, 0.4) is 0 Å². The van der Waals surface area contributed by atoms with E-state index in [-0.39, 0.29) is 24.8 Å². The highest BCUT2D eigenvalue weighted by Gasteiger charge is 2.26. The minimum atomic E-state index is -1.02. The second kappa shape index (κ2) is 9.53. The van der Waals surface area contributed by atoms with Crippen molar-refractivity contribution in [2.24, 2.45) is 5.73 Å². The third-order valence-electron chi connectivity index (χ3n) is 5.71. The second-order valence-electron chi connectivity index (χ2n) is 9.61. The fourth-order valence-electron chi connectivity index (χ4n) is 3.82. The molecule has 9 nitrogen and oxygen atoms in total. The first kappa shape index (κ1) is 24.5. The first-order chi connectivity index (χ1) is 16.6. The predicted molar refractivity (Wildman–Crippen MR) is 128 cm³/mol. The fraction of sp³-hybridized carbons (Fsp3) is 0.400. The Hall–Kier alpha value is -3.66. The van der Waals surface area contributed by atoms with E-state index < -0.39 is 17.3 Å². The summed E-state index contributed by atoms with van der Waals surface area (Å²) < 4.78 is 33.0. The van der Waals surface area contributed by atoms with Crippen molar-refractivity contribution in [1.29, 1.82) is 0 Å². The van der Waals surface area contributed by atoms with Gasteiger partial charge in [-0.2, -0.15) is 5.10 Å². The number of methoxy groups -OCH3 is 1. The van der Waals surface area contributed by atoms with Gasteiger partial charge in [-0.15, -0.1) is 0 Å². The van der Waals surface area contributed by atoms with E-state index in [0.29, 0.717) is 23.0 Å². The number of carbonyl (C=O) groups is 1. The van der Waals surface area contributed by atoms with Gasteiger partial charge in [-0.25, -0.2) is 14.2 Å². The quantitative estimate of drug-likeness (QED) is 0.452. The second-order valence-corrected chi connectivity index (χ2v) is 9.61. The molecule has 2 heterocycles. The van der Waals surface area contributed by atoms with Gasteiger partial charge in [0.05, 0.1) is 37.7 Å². The summed E-state index contributed by atoms with van der Waals surface area (Å²) in [5.41, 5.74) is 14.0. The largest absolute Gasteiger partial charge is 0.494 e. The minimum Gasteiger partial charge on any atom is -0.494 e. The van der Waals surface area contributed by atoms with Crippen molar-refractivity contribution < 1.29 is 23.4 Å². The highest BCUT2D eigenvalue weighted by atomic mass is 19.1. The number of pyridine rings is 1. The standard InChI is InChI=1S/C25H30FN5O4/c1-25(2,3)17-11-18(26)21(29-23(17)35-24(28)32)13-34-12-14-9-16(22(33-4)19(27)10-14)20-7-8-31(30-20)15-5-6-15/h7-11,15H,5-6,12-13,27H2,1-4H3,(H2,28,32). The molecule has 3 aromatic rings. The third-order valence-corrected chi connectivity index (χ3v) is 5.71. The van der Waals surface area contributed by atoms with E-state index in [4.69, 9.17) is 25.7 Å². The zero-order valence-electron chi connectivity index (χ0n) is 20.3. The van der Waals surface area contributed by atoms with Crippen LogP contribution in [-0.2, 0) is 23.4 Å². The van der Waals surface area contributed by atoms with Crippen molar-refractivity contribution in [2.75, 3.05) is 12.8 Å². The maximum Gasteiger partial charge on any atom is 0.411 e. The molecule has 1 aromatic carbocycles. The van der Waals surface area contributed by atoms with Crippen LogP contribution >= 0.6 is 0 Å². The molecule has 4 rings (SSSR count). The number of nitrogens with zero attached hydrogens (tertiary/aromatic N) is 3. The molecule has 2 aromatic heterocycles. The van der Waals surface area contributed by atoms with Crippen LogP contribution in [0.5, 0.6) is 11.6 Å². The van der Waals surface area contributed by atoms with Crippen LogP contribution in [0.4, 0.5) is 14.9 Å². The average molecular weight is 484 g/mol. The van der Waals surface area contributed by atoms with Gasteiger partial charge < -0.3 is 25.7 Å². The van der Waals surface area contributed by atoms with Crippen molar-refractivity contribution in [3.8, 4) is 22.9 Å².